The molecule has 0 radical (unpaired) electrons. The molecule has 0 atom stereocenters. The molecule has 1 aliphatic rings. The number of aromatic nitrogens is 2. The average Bonchev–Trinajstić information content (AvgIpc) is 2.21. The maximum atomic E-state index is 3.85. The molecule has 0 aliphatic carbocycles. The van der Waals surface area contributed by atoms with Crippen LogP contribution in [0.2, 0.25) is 0 Å². The Balaban J connectivity index is 2.08. The first-order chi connectivity index (χ1) is 5.97. The molecule has 2 heterocycles. The molecule has 1 aliphatic heterocycles. The molecule has 0 bridgehead atoms. The predicted octanol–water partition coefficient (Wildman–Crippen LogP) is -0.114. The monoisotopic (exact) mass is 164 g/mol. The van der Waals surface area contributed by atoms with Gasteiger partial charge in [0.05, 0.1) is 18.1 Å². The van der Waals surface area contributed by atoms with Gasteiger partial charge in [-0.25, -0.2) is 0 Å². The van der Waals surface area contributed by atoms with E-state index in [1.54, 1.807) is 6.20 Å². The second kappa shape index (κ2) is 3.49. The van der Waals surface area contributed by atoms with Gasteiger partial charge in [-0.2, -0.15) is 10.2 Å². The number of piperazine rings is 1. The molecule has 4 nitrogen and oxygen atoms in total. The van der Waals surface area contributed by atoms with Crippen LogP contribution in [0.1, 0.15) is 0 Å². The highest BCUT2D eigenvalue weighted by Gasteiger charge is 2.09. The van der Waals surface area contributed by atoms with Crippen LogP contribution in [0.15, 0.2) is 18.5 Å². The summed E-state index contributed by atoms with van der Waals surface area (Å²) in [5.41, 5.74) is 1.17. The molecule has 1 aromatic heterocycles. The van der Waals surface area contributed by atoms with Gasteiger partial charge >= 0.3 is 0 Å². The quantitative estimate of drug-likeness (QED) is 0.628. The number of nitrogens with one attached hydrogen (secondary N) is 1. The first-order valence-corrected chi connectivity index (χ1v) is 4.19. The van der Waals surface area contributed by atoms with Crippen LogP contribution in [0, 0.1) is 0 Å². The van der Waals surface area contributed by atoms with Gasteiger partial charge in [0.1, 0.15) is 0 Å². The zero-order chi connectivity index (χ0) is 8.23. The van der Waals surface area contributed by atoms with E-state index < -0.39 is 0 Å². The van der Waals surface area contributed by atoms with Crippen LogP contribution < -0.4 is 10.2 Å². The maximum absolute atomic E-state index is 3.85. The molecule has 12 heavy (non-hydrogen) atoms. The third kappa shape index (κ3) is 1.53. The highest BCUT2D eigenvalue weighted by molar-refractivity contribution is 5.43. The Morgan fingerprint density at radius 1 is 1.25 bits per heavy atom. The summed E-state index contributed by atoms with van der Waals surface area (Å²) < 4.78 is 0. The minimum Gasteiger partial charge on any atom is -0.368 e. The van der Waals surface area contributed by atoms with Gasteiger partial charge in [0.2, 0.25) is 0 Å². The van der Waals surface area contributed by atoms with Gasteiger partial charge in [-0.1, -0.05) is 0 Å². The lowest BCUT2D eigenvalue weighted by Crippen LogP contribution is -2.43. The van der Waals surface area contributed by atoms with Crippen molar-refractivity contribution in [3.8, 4) is 0 Å². The van der Waals surface area contributed by atoms with Crippen molar-refractivity contribution in [2.24, 2.45) is 0 Å². The number of anilines is 1. The van der Waals surface area contributed by atoms with Crippen LogP contribution >= 0.6 is 0 Å². The molecular weight excluding hydrogens is 152 g/mol. The van der Waals surface area contributed by atoms with E-state index in [4.69, 9.17) is 0 Å². The maximum Gasteiger partial charge on any atom is 0.0729 e. The molecule has 0 amide bonds. The number of hydrogen-bond donors (Lipinski definition) is 1. The first-order valence-electron chi connectivity index (χ1n) is 4.19. The van der Waals surface area contributed by atoms with E-state index in [-0.39, 0.29) is 0 Å². The smallest absolute Gasteiger partial charge is 0.0729 e. The van der Waals surface area contributed by atoms with Crippen molar-refractivity contribution in [2.75, 3.05) is 31.1 Å². The average molecular weight is 164 g/mol. The Labute approximate surface area is 71.6 Å². The Morgan fingerprint density at radius 2 is 2.08 bits per heavy atom. The summed E-state index contributed by atoms with van der Waals surface area (Å²) in [4.78, 5) is 2.31. The zero-order valence-corrected chi connectivity index (χ0v) is 6.90. The highest BCUT2D eigenvalue weighted by atomic mass is 15.2. The number of hydrogen-bond acceptors (Lipinski definition) is 4. The third-order valence-corrected chi connectivity index (χ3v) is 2.05. The molecule has 0 saturated carbocycles. The molecule has 1 N–H and O–H groups in total. The lowest BCUT2D eigenvalue weighted by atomic mass is 10.3. The lowest BCUT2D eigenvalue weighted by Gasteiger charge is -2.28. The van der Waals surface area contributed by atoms with E-state index in [2.05, 4.69) is 20.4 Å². The van der Waals surface area contributed by atoms with E-state index in [1.165, 1.54) is 5.69 Å². The third-order valence-electron chi connectivity index (χ3n) is 2.05. The molecule has 0 aromatic carbocycles. The predicted molar refractivity (Wildman–Crippen MR) is 47.1 cm³/mol. The van der Waals surface area contributed by atoms with Crippen LogP contribution in [-0.2, 0) is 0 Å². The van der Waals surface area contributed by atoms with Crippen molar-refractivity contribution in [2.45, 2.75) is 0 Å². The summed E-state index contributed by atoms with van der Waals surface area (Å²) in [6.45, 7) is 4.24. The van der Waals surface area contributed by atoms with Crippen molar-refractivity contribution in [3.63, 3.8) is 0 Å². The summed E-state index contributed by atoms with van der Waals surface area (Å²) in [6.07, 6.45) is 3.54. The van der Waals surface area contributed by atoms with Crippen molar-refractivity contribution in [1.82, 2.24) is 15.5 Å². The fourth-order valence-corrected chi connectivity index (χ4v) is 1.39. The van der Waals surface area contributed by atoms with E-state index in [9.17, 15) is 0 Å². The second-order valence-electron chi connectivity index (χ2n) is 2.84. The molecule has 1 saturated heterocycles. The fraction of sp³-hybridized carbons (Fsp3) is 0.500. The Hall–Kier alpha value is -1.16. The molecule has 64 valence electrons. The summed E-state index contributed by atoms with van der Waals surface area (Å²) in [5, 5.41) is 10.9. The highest BCUT2D eigenvalue weighted by Crippen LogP contribution is 2.10. The van der Waals surface area contributed by atoms with Crippen LogP contribution in [-0.4, -0.2) is 36.4 Å². The van der Waals surface area contributed by atoms with Crippen molar-refractivity contribution < 1.29 is 0 Å². The van der Waals surface area contributed by atoms with E-state index in [0.717, 1.165) is 26.2 Å². The second-order valence-corrected chi connectivity index (χ2v) is 2.84. The van der Waals surface area contributed by atoms with Gasteiger partial charge in [0.25, 0.3) is 0 Å². The van der Waals surface area contributed by atoms with Gasteiger partial charge in [0, 0.05) is 26.2 Å². The lowest BCUT2D eigenvalue weighted by molar-refractivity contribution is 0.588. The topological polar surface area (TPSA) is 41.0 Å². The minimum absolute atomic E-state index is 1.06. The molecule has 1 fully saturated rings. The Bertz CT molecular complexity index is 230. The summed E-state index contributed by atoms with van der Waals surface area (Å²) in [5.74, 6) is 0. The summed E-state index contributed by atoms with van der Waals surface area (Å²) in [7, 11) is 0. The first kappa shape index (κ1) is 7.49. The van der Waals surface area contributed by atoms with Crippen LogP contribution in [0.25, 0.3) is 0 Å². The minimum atomic E-state index is 1.06. The fourth-order valence-electron chi connectivity index (χ4n) is 1.39. The normalized spacial score (nSPS) is 17.8. The van der Waals surface area contributed by atoms with E-state index >= 15 is 0 Å². The van der Waals surface area contributed by atoms with Gasteiger partial charge in [-0.05, 0) is 6.07 Å². The van der Waals surface area contributed by atoms with Crippen molar-refractivity contribution >= 4 is 5.69 Å². The zero-order valence-electron chi connectivity index (χ0n) is 6.90. The van der Waals surface area contributed by atoms with Gasteiger partial charge in [-0.3, -0.25) is 0 Å². The van der Waals surface area contributed by atoms with Crippen LogP contribution in [0.3, 0.4) is 0 Å². The Kier molecular flexibility index (Phi) is 2.18. The molecule has 1 aromatic rings. The van der Waals surface area contributed by atoms with Crippen LogP contribution in [0.5, 0.6) is 0 Å². The molecule has 4 heteroatoms. The van der Waals surface area contributed by atoms with Crippen molar-refractivity contribution in [3.05, 3.63) is 18.5 Å². The standard InChI is InChI=1S/C8H12N4/c1-2-10-11-7-8(1)12-5-3-9-4-6-12/h1-2,7,9H,3-6H2. The van der Waals surface area contributed by atoms with Crippen LogP contribution in [0.4, 0.5) is 5.69 Å². The van der Waals surface area contributed by atoms with Crippen molar-refractivity contribution in [1.29, 1.82) is 0 Å². The summed E-state index contributed by atoms with van der Waals surface area (Å²) in [6, 6.07) is 2.00. The number of nitrogens with zero attached hydrogens (tertiary/aromatic N) is 3. The largest absolute Gasteiger partial charge is 0.368 e. The molecule has 0 spiro atoms. The number of rotatable bonds is 1. The molecule has 0 unspecified atom stereocenters. The molecule has 2 rings (SSSR count). The van der Waals surface area contributed by atoms with E-state index in [1.807, 2.05) is 12.3 Å². The summed E-state index contributed by atoms with van der Waals surface area (Å²) >= 11 is 0. The molecular formula is C8H12N4. The van der Waals surface area contributed by atoms with Gasteiger partial charge < -0.3 is 10.2 Å². The van der Waals surface area contributed by atoms with Gasteiger partial charge in [-0.15, -0.1) is 0 Å². The van der Waals surface area contributed by atoms with E-state index in [0.29, 0.717) is 0 Å². The van der Waals surface area contributed by atoms with Gasteiger partial charge in [0.15, 0.2) is 0 Å². The Morgan fingerprint density at radius 3 is 2.75 bits per heavy atom. The SMILES string of the molecule is c1cc(N2CCNCC2)cnn1.